The van der Waals surface area contributed by atoms with Gasteiger partial charge in [-0.05, 0) is 37.7 Å². The highest BCUT2D eigenvalue weighted by molar-refractivity contribution is 7.87. The van der Waals surface area contributed by atoms with Crippen molar-refractivity contribution in [1.29, 1.82) is 0 Å². The van der Waals surface area contributed by atoms with Gasteiger partial charge in [-0.3, -0.25) is 13.8 Å². The first kappa shape index (κ1) is 17.7. The van der Waals surface area contributed by atoms with Crippen LogP contribution in [0.1, 0.15) is 31.2 Å². The van der Waals surface area contributed by atoms with E-state index in [-0.39, 0.29) is 18.1 Å². The Kier molecular flexibility index (Phi) is 6.77. The molecule has 23 heavy (non-hydrogen) atoms. The molecular formula is C17H23NO4S. The highest BCUT2D eigenvalue weighted by Crippen LogP contribution is 2.13. The summed E-state index contributed by atoms with van der Waals surface area (Å²) in [6.07, 6.45) is 3.87. The molecule has 1 saturated heterocycles. The van der Waals surface area contributed by atoms with Crippen molar-refractivity contribution >= 4 is 22.7 Å². The minimum Gasteiger partial charge on any atom is -0.480 e. The number of hydrogen-bond acceptors (Lipinski definition) is 3. The lowest BCUT2D eigenvalue weighted by molar-refractivity contribution is -0.136. The number of nitrogens with zero attached hydrogens (tertiary/aromatic N) is 1. The van der Waals surface area contributed by atoms with Gasteiger partial charge >= 0.3 is 5.97 Å². The third-order valence-corrected chi connectivity index (χ3v) is 5.71. The smallest absolute Gasteiger partial charge is 0.319 e. The molecule has 1 N–H and O–H groups in total. The van der Waals surface area contributed by atoms with E-state index in [1.54, 1.807) is 4.90 Å². The molecule has 2 atom stereocenters. The Morgan fingerprint density at radius 3 is 2.39 bits per heavy atom. The van der Waals surface area contributed by atoms with Gasteiger partial charge in [0, 0.05) is 23.9 Å². The van der Waals surface area contributed by atoms with Gasteiger partial charge in [0.2, 0.25) is 5.91 Å². The van der Waals surface area contributed by atoms with Gasteiger partial charge in [0.05, 0.1) is 0 Å². The van der Waals surface area contributed by atoms with E-state index in [1.165, 1.54) is 0 Å². The fraction of sp³-hybridized carbons (Fsp3) is 0.529. The Balaban J connectivity index is 1.90. The van der Waals surface area contributed by atoms with Crippen LogP contribution in [0.5, 0.6) is 0 Å². The van der Waals surface area contributed by atoms with E-state index in [9.17, 15) is 18.9 Å². The van der Waals surface area contributed by atoms with Crippen LogP contribution in [-0.4, -0.2) is 50.2 Å². The second kappa shape index (κ2) is 8.82. The molecule has 1 aromatic carbocycles. The van der Waals surface area contributed by atoms with Crippen molar-refractivity contribution in [3.63, 3.8) is 0 Å². The molecule has 2 unspecified atom stereocenters. The van der Waals surface area contributed by atoms with Crippen LogP contribution >= 0.6 is 0 Å². The van der Waals surface area contributed by atoms with Crippen molar-refractivity contribution in [2.45, 2.75) is 37.4 Å². The number of benzene rings is 1. The van der Waals surface area contributed by atoms with Crippen LogP contribution in [0.4, 0.5) is 0 Å². The summed E-state index contributed by atoms with van der Waals surface area (Å²) in [4.78, 5) is 25.3. The van der Waals surface area contributed by atoms with Gasteiger partial charge in [0.25, 0.3) is 0 Å². The van der Waals surface area contributed by atoms with Crippen molar-refractivity contribution in [1.82, 2.24) is 4.90 Å². The first-order valence-corrected chi connectivity index (χ1v) is 9.38. The monoisotopic (exact) mass is 337 g/mol. The van der Waals surface area contributed by atoms with Crippen LogP contribution in [0.25, 0.3) is 0 Å². The van der Waals surface area contributed by atoms with E-state index in [0.29, 0.717) is 19.5 Å². The molecular weight excluding hydrogens is 314 g/mol. The average Bonchev–Trinajstić information content (AvgIpc) is 2.56. The summed E-state index contributed by atoms with van der Waals surface area (Å²) in [5, 5.41) is 8.33. The van der Waals surface area contributed by atoms with Crippen molar-refractivity contribution in [2.75, 3.05) is 18.8 Å². The fourth-order valence-corrected chi connectivity index (χ4v) is 4.00. The summed E-state index contributed by atoms with van der Waals surface area (Å²) in [7, 11) is -1.68. The summed E-state index contributed by atoms with van der Waals surface area (Å²) in [5.41, 5.74) is 1.01. The molecule has 5 nitrogen and oxygen atoms in total. The second-order valence-corrected chi connectivity index (χ2v) is 7.44. The van der Waals surface area contributed by atoms with E-state index >= 15 is 0 Å². The van der Waals surface area contributed by atoms with Gasteiger partial charge in [-0.2, -0.15) is 0 Å². The number of aryl methyl sites for hydroxylation is 1. The minimum absolute atomic E-state index is 0.186. The van der Waals surface area contributed by atoms with Crippen LogP contribution in [0.15, 0.2) is 30.3 Å². The van der Waals surface area contributed by atoms with Crippen LogP contribution < -0.4 is 0 Å². The molecule has 6 heteroatoms. The Bertz CT molecular complexity index is 555. The topological polar surface area (TPSA) is 74.7 Å². The highest BCUT2D eigenvalue weighted by Gasteiger charge is 2.28. The normalized spacial score (nSPS) is 17.5. The Labute approximate surface area is 139 Å². The number of rotatable bonds is 7. The molecule has 1 amide bonds. The molecule has 0 bridgehead atoms. The van der Waals surface area contributed by atoms with Gasteiger partial charge in [-0.25, -0.2) is 0 Å². The Morgan fingerprint density at radius 2 is 1.78 bits per heavy atom. The second-order valence-electron chi connectivity index (χ2n) is 5.82. The van der Waals surface area contributed by atoms with E-state index in [0.717, 1.165) is 24.8 Å². The number of carbonyl (C=O) groups excluding carboxylic acids is 1. The molecule has 0 spiro atoms. The summed E-state index contributed by atoms with van der Waals surface area (Å²) in [6, 6.07) is 9.51. The first-order valence-electron chi connectivity index (χ1n) is 7.99. The maximum atomic E-state index is 12.3. The molecule has 0 radical (unpaired) electrons. The van der Waals surface area contributed by atoms with Gasteiger partial charge in [0.1, 0.15) is 11.0 Å². The molecule has 1 fully saturated rings. The molecule has 126 valence electrons. The summed E-state index contributed by atoms with van der Waals surface area (Å²) >= 11 is 0. The van der Waals surface area contributed by atoms with Gasteiger partial charge in [0.15, 0.2) is 0 Å². The van der Waals surface area contributed by atoms with Gasteiger partial charge in [-0.15, -0.1) is 0 Å². The standard InChI is InChI=1S/C17H23NO4S/c19-16(18-11-5-2-6-12-18)13-23(22)15(17(20)21)10-9-14-7-3-1-4-8-14/h1,3-4,7-8,15H,2,5-6,9-13H2,(H,20,21). The van der Waals surface area contributed by atoms with Crippen molar-refractivity contribution in [3.8, 4) is 0 Å². The first-order chi connectivity index (χ1) is 11.1. The largest absolute Gasteiger partial charge is 0.480 e. The number of carboxylic acid groups (broad SMARTS) is 1. The maximum Gasteiger partial charge on any atom is 0.319 e. The van der Waals surface area contributed by atoms with Crippen LogP contribution in [0.3, 0.4) is 0 Å². The molecule has 0 aliphatic carbocycles. The summed E-state index contributed by atoms with van der Waals surface area (Å²) in [5.74, 6) is -1.47. The predicted octanol–water partition coefficient (Wildman–Crippen LogP) is 1.83. The molecule has 0 aromatic heterocycles. The summed E-state index contributed by atoms with van der Waals surface area (Å²) < 4.78 is 12.3. The number of piperidine rings is 1. The predicted molar refractivity (Wildman–Crippen MR) is 89.6 cm³/mol. The number of aliphatic carboxylic acids is 1. The van der Waals surface area contributed by atoms with Crippen molar-refractivity contribution in [3.05, 3.63) is 35.9 Å². The SMILES string of the molecule is O=C(O)C(CCc1ccccc1)S(=O)CC(=O)N1CCCCC1. The third-order valence-electron chi connectivity index (χ3n) is 4.11. The lowest BCUT2D eigenvalue weighted by atomic mass is 10.1. The number of likely N-dealkylation sites (tertiary alicyclic amines) is 1. The third kappa shape index (κ3) is 5.46. The van der Waals surface area contributed by atoms with E-state index < -0.39 is 22.0 Å². The van der Waals surface area contributed by atoms with Crippen LogP contribution in [-0.2, 0) is 26.8 Å². The maximum absolute atomic E-state index is 12.3. The number of carboxylic acids is 1. The number of amides is 1. The summed E-state index contributed by atoms with van der Waals surface area (Å²) in [6.45, 7) is 1.38. The molecule has 1 aliphatic heterocycles. The number of hydrogen-bond donors (Lipinski definition) is 1. The van der Waals surface area contributed by atoms with Crippen molar-refractivity contribution in [2.24, 2.45) is 0 Å². The van der Waals surface area contributed by atoms with Crippen molar-refractivity contribution < 1.29 is 18.9 Å². The number of carbonyl (C=O) groups is 2. The Morgan fingerprint density at radius 1 is 1.13 bits per heavy atom. The zero-order valence-corrected chi connectivity index (χ0v) is 14.0. The molecule has 1 aromatic rings. The van der Waals surface area contributed by atoms with Crippen LogP contribution in [0.2, 0.25) is 0 Å². The zero-order chi connectivity index (χ0) is 16.7. The van der Waals surface area contributed by atoms with Gasteiger partial charge in [-0.1, -0.05) is 30.3 Å². The lowest BCUT2D eigenvalue weighted by Crippen LogP contribution is -2.40. The minimum atomic E-state index is -1.68. The van der Waals surface area contributed by atoms with E-state index in [2.05, 4.69) is 0 Å². The van der Waals surface area contributed by atoms with E-state index in [1.807, 2.05) is 30.3 Å². The molecule has 2 rings (SSSR count). The highest BCUT2D eigenvalue weighted by atomic mass is 32.2. The Hall–Kier alpha value is -1.69. The van der Waals surface area contributed by atoms with Crippen LogP contribution in [0, 0.1) is 0 Å². The quantitative estimate of drug-likeness (QED) is 0.824. The molecule has 1 heterocycles. The lowest BCUT2D eigenvalue weighted by Gasteiger charge is -2.27. The van der Waals surface area contributed by atoms with Gasteiger partial charge < -0.3 is 10.0 Å². The van der Waals surface area contributed by atoms with E-state index in [4.69, 9.17) is 0 Å². The zero-order valence-electron chi connectivity index (χ0n) is 13.1. The molecule has 1 aliphatic rings. The fourth-order valence-electron chi connectivity index (χ4n) is 2.77. The molecule has 0 saturated carbocycles. The average molecular weight is 337 g/mol.